The van der Waals surface area contributed by atoms with Gasteiger partial charge in [0.25, 0.3) is 5.91 Å². The number of halogens is 1. The maximum atomic E-state index is 12.2. The first kappa shape index (κ1) is 11.6. The number of hydrogen-bond acceptors (Lipinski definition) is 2. The van der Waals surface area contributed by atoms with Gasteiger partial charge in [0.2, 0.25) is 0 Å². The van der Waals surface area contributed by atoms with Crippen LogP contribution in [0.15, 0.2) is 18.3 Å². The van der Waals surface area contributed by atoms with Gasteiger partial charge in [-0.2, -0.15) is 0 Å². The van der Waals surface area contributed by atoms with Gasteiger partial charge in [-0.3, -0.25) is 9.78 Å². The van der Waals surface area contributed by atoms with E-state index in [9.17, 15) is 4.79 Å². The smallest absolute Gasteiger partial charge is 0.254 e. The molecule has 3 nitrogen and oxygen atoms in total. The van der Waals surface area contributed by atoms with Gasteiger partial charge in [0.15, 0.2) is 0 Å². The molecule has 1 aromatic heterocycles. The SMILES string of the molecule is Cc1cc(C(=O)N2CCCC2CBr)ccn1. The van der Waals surface area contributed by atoms with Crippen molar-refractivity contribution >= 4 is 21.8 Å². The lowest BCUT2D eigenvalue weighted by atomic mass is 10.2. The summed E-state index contributed by atoms with van der Waals surface area (Å²) in [5, 5.41) is 0.864. The van der Waals surface area contributed by atoms with E-state index in [0.717, 1.165) is 36.0 Å². The van der Waals surface area contributed by atoms with Crippen LogP contribution >= 0.6 is 15.9 Å². The van der Waals surface area contributed by atoms with Crippen molar-refractivity contribution in [2.75, 3.05) is 11.9 Å². The topological polar surface area (TPSA) is 33.2 Å². The van der Waals surface area contributed by atoms with Crippen LogP contribution in [0, 0.1) is 6.92 Å². The number of pyridine rings is 1. The molecule has 1 fully saturated rings. The van der Waals surface area contributed by atoms with Crippen molar-refractivity contribution in [2.24, 2.45) is 0 Å². The van der Waals surface area contributed by atoms with Crippen molar-refractivity contribution in [3.63, 3.8) is 0 Å². The van der Waals surface area contributed by atoms with Crippen molar-refractivity contribution in [3.05, 3.63) is 29.6 Å². The summed E-state index contributed by atoms with van der Waals surface area (Å²) in [5.74, 6) is 0.132. The Kier molecular flexibility index (Phi) is 3.59. The van der Waals surface area contributed by atoms with E-state index in [1.165, 1.54) is 0 Å². The molecular weight excluding hydrogens is 268 g/mol. The van der Waals surface area contributed by atoms with Crippen LogP contribution in [0.1, 0.15) is 28.9 Å². The Morgan fingerprint density at radius 1 is 1.69 bits per heavy atom. The van der Waals surface area contributed by atoms with E-state index < -0.39 is 0 Å². The maximum Gasteiger partial charge on any atom is 0.254 e. The lowest BCUT2D eigenvalue weighted by Gasteiger charge is -2.23. The molecule has 1 amide bonds. The van der Waals surface area contributed by atoms with Crippen molar-refractivity contribution in [1.82, 2.24) is 9.88 Å². The summed E-state index contributed by atoms with van der Waals surface area (Å²) in [6.45, 7) is 2.78. The van der Waals surface area contributed by atoms with E-state index >= 15 is 0 Å². The van der Waals surface area contributed by atoms with Crippen LogP contribution in [0.5, 0.6) is 0 Å². The van der Waals surface area contributed by atoms with Gasteiger partial charge in [-0.25, -0.2) is 0 Å². The molecular formula is C12H15BrN2O. The van der Waals surface area contributed by atoms with Gasteiger partial charge < -0.3 is 4.90 Å². The molecule has 16 heavy (non-hydrogen) atoms. The molecule has 1 saturated heterocycles. The van der Waals surface area contributed by atoms with Crippen LogP contribution in [0.4, 0.5) is 0 Å². The summed E-state index contributed by atoms with van der Waals surface area (Å²) in [5.41, 5.74) is 1.64. The number of likely N-dealkylation sites (tertiary alicyclic amines) is 1. The number of aromatic nitrogens is 1. The van der Waals surface area contributed by atoms with E-state index in [0.29, 0.717) is 6.04 Å². The molecule has 2 heterocycles. The number of rotatable bonds is 2. The fraction of sp³-hybridized carbons (Fsp3) is 0.500. The van der Waals surface area contributed by atoms with E-state index in [4.69, 9.17) is 0 Å². The van der Waals surface area contributed by atoms with Gasteiger partial charge in [0.05, 0.1) is 0 Å². The van der Waals surface area contributed by atoms with Crippen molar-refractivity contribution < 1.29 is 4.79 Å². The average Bonchev–Trinajstić information content (AvgIpc) is 2.76. The third-order valence-electron chi connectivity index (χ3n) is 2.96. The summed E-state index contributed by atoms with van der Waals surface area (Å²) >= 11 is 3.47. The summed E-state index contributed by atoms with van der Waals surface area (Å²) in [7, 11) is 0. The third kappa shape index (κ3) is 2.26. The first-order valence-electron chi connectivity index (χ1n) is 5.52. The molecule has 0 aromatic carbocycles. The summed E-state index contributed by atoms with van der Waals surface area (Å²) < 4.78 is 0. The van der Waals surface area contributed by atoms with Crippen LogP contribution in [-0.2, 0) is 0 Å². The highest BCUT2D eigenvalue weighted by molar-refractivity contribution is 9.09. The molecule has 1 atom stereocenters. The summed E-state index contributed by atoms with van der Waals surface area (Å²) in [6.07, 6.45) is 3.90. The highest BCUT2D eigenvalue weighted by atomic mass is 79.9. The predicted molar refractivity (Wildman–Crippen MR) is 66.8 cm³/mol. The normalized spacial score (nSPS) is 20.1. The molecule has 1 aromatic rings. The minimum Gasteiger partial charge on any atom is -0.335 e. The predicted octanol–water partition coefficient (Wildman–Crippen LogP) is 2.39. The lowest BCUT2D eigenvalue weighted by Crippen LogP contribution is -2.36. The van der Waals surface area contributed by atoms with Crippen LogP contribution < -0.4 is 0 Å². The van der Waals surface area contributed by atoms with E-state index in [-0.39, 0.29) is 5.91 Å². The number of alkyl halides is 1. The number of nitrogens with zero attached hydrogens (tertiary/aromatic N) is 2. The van der Waals surface area contributed by atoms with Crippen molar-refractivity contribution in [3.8, 4) is 0 Å². The molecule has 0 aliphatic carbocycles. The molecule has 1 aliphatic heterocycles. The van der Waals surface area contributed by atoms with Gasteiger partial charge in [0, 0.05) is 35.4 Å². The Balaban J connectivity index is 2.18. The summed E-state index contributed by atoms with van der Waals surface area (Å²) in [4.78, 5) is 18.3. The van der Waals surface area contributed by atoms with Crippen LogP contribution in [0.25, 0.3) is 0 Å². The van der Waals surface area contributed by atoms with Gasteiger partial charge in [-0.05, 0) is 31.9 Å². The molecule has 1 unspecified atom stereocenters. The largest absolute Gasteiger partial charge is 0.335 e. The summed E-state index contributed by atoms with van der Waals surface area (Å²) in [6, 6.07) is 3.99. The maximum absolute atomic E-state index is 12.2. The second-order valence-electron chi connectivity index (χ2n) is 4.13. The first-order valence-corrected chi connectivity index (χ1v) is 6.64. The number of carbonyl (C=O) groups is 1. The number of aryl methyl sites for hydroxylation is 1. The number of amides is 1. The zero-order chi connectivity index (χ0) is 11.5. The molecule has 4 heteroatoms. The van der Waals surface area contributed by atoms with E-state index in [1.807, 2.05) is 17.9 Å². The molecule has 1 aliphatic rings. The van der Waals surface area contributed by atoms with Crippen LogP contribution in [-0.4, -0.2) is 33.7 Å². The Morgan fingerprint density at radius 3 is 3.19 bits per heavy atom. The van der Waals surface area contributed by atoms with Crippen LogP contribution in [0.2, 0.25) is 0 Å². The minimum absolute atomic E-state index is 0.132. The molecule has 0 saturated carbocycles. The van der Waals surface area contributed by atoms with Gasteiger partial charge in [-0.15, -0.1) is 0 Å². The molecule has 0 bridgehead atoms. The van der Waals surface area contributed by atoms with Gasteiger partial charge in [0.1, 0.15) is 0 Å². The zero-order valence-electron chi connectivity index (χ0n) is 9.32. The Labute approximate surface area is 104 Å². The Hall–Kier alpha value is -0.900. The molecule has 0 spiro atoms. The monoisotopic (exact) mass is 282 g/mol. The van der Waals surface area contributed by atoms with Crippen molar-refractivity contribution in [2.45, 2.75) is 25.8 Å². The zero-order valence-corrected chi connectivity index (χ0v) is 10.9. The molecule has 2 rings (SSSR count). The number of carbonyl (C=O) groups excluding carboxylic acids is 1. The van der Waals surface area contributed by atoms with Gasteiger partial charge >= 0.3 is 0 Å². The third-order valence-corrected chi connectivity index (χ3v) is 3.71. The standard InChI is InChI=1S/C12H15BrN2O/c1-9-7-10(4-5-14-9)12(16)15-6-2-3-11(15)8-13/h4-5,7,11H,2-3,6,8H2,1H3. The van der Waals surface area contributed by atoms with Crippen molar-refractivity contribution in [1.29, 1.82) is 0 Å². The van der Waals surface area contributed by atoms with Gasteiger partial charge in [-0.1, -0.05) is 15.9 Å². The van der Waals surface area contributed by atoms with Crippen LogP contribution in [0.3, 0.4) is 0 Å². The van der Waals surface area contributed by atoms with E-state index in [2.05, 4.69) is 20.9 Å². The number of hydrogen-bond donors (Lipinski definition) is 0. The lowest BCUT2D eigenvalue weighted by molar-refractivity contribution is 0.0750. The fourth-order valence-electron chi connectivity index (χ4n) is 2.11. The molecule has 0 radical (unpaired) electrons. The highest BCUT2D eigenvalue weighted by Crippen LogP contribution is 2.21. The second kappa shape index (κ2) is 4.95. The highest BCUT2D eigenvalue weighted by Gasteiger charge is 2.28. The average molecular weight is 283 g/mol. The Morgan fingerprint density at radius 2 is 2.50 bits per heavy atom. The molecule has 86 valence electrons. The first-order chi connectivity index (χ1) is 7.72. The quantitative estimate of drug-likeness (QED) is 0.781. The second-order valence-corrected chi connectivity index (χ2v) is 4.78. The molecule has 0 N–H and O–H groups in total. The van der Waals surface area contributed by atoms with E-state index in [1.54, 1.807) is 12.3 Å². The Bertz CT molecular complexity index is 394. The minimum atomic E-state index is 0.132. The fourth-order valence-corrected chi connectivity index (χ4v) is 2.78.